The topological polar surface area (TPSA) is 139 Å². The molecule has 43 heavy (non-hydrogen) atoms. The van der Waals surface area contributed by atoms with Crippen LogP contribution in [0, 0.1) is 0 Å². The van der Waals surface area contributed by atoms with Gasteiger partial charge in [-0.05, 0) is 55.4 Å². The molecule has 9 unspecified atom stereocenters. The molecule has 1 N–H and O–H groups in total. The van der Waals surface area contributed by atoms with Gasteiger partial charge in [-0.1, -0.05) is 0 Å². The minimum atomic E-state index is -0.846. The summed E-state index contributed by atoms with van der Waals surface area (Å²) in [4.78, 5) is 11.6. The monoisotopic (exact) mass is 628 g/mol. The van der Waals surface area contributed by atoms with E-state index in [0.29, 0.717) is 52.9 Å². The van der Waals surface area contributed by atoms with Crippen molar-refractivity contribution in [3.63, 3.8) is 0 Å². The van der Waals surface area contributed by atoms with Crippen molar-refractivity contribution < 1.29 is 62.0 Å². The molecule has 0 heterocycles. The van der Waals surface area contributed by atoms with Crippen molar-refractivity contribution in [1.82, 2.24) is 0 Å². The summed E-state index contributed by atoms with van der Waals surface area (Å²) in [5, 5.41) is 9.16. The quantitative estimate of drug-likeness (QED) is 0.127. The van der Waals surface area contributed by atoms with Crippen LogP contribution in [0.2, 0.25) is 0 Å². The predicted molar refractivity (Wildman–Crippen MR) is 160 cm³/mol. The molecule has 0 aliphatic rings. The predicted octanol–water partition coefficient (Wildman–Crippen LogP) is 3.02. The molecule has 9 atom stereocenters. The largest absolute Gasteiger partial charge is 0.508 e. The van der Waals surface area contributed by atoms with Crippen LogP contribution in [-0.4, -0.2) is 146 Å². The lowest BCUT2D eigenvalue weighted by Crippen LogP contribution is -2.33. The number of carbonyl (C=O) groups excluding carboxylic acids is 1. The number of rotatable bonds is 28. The van der Waals surface area contributed by atoms with Gasteiger partial charge in [0.15, 0.2) is 0 Å². The van der Waals surface area contributed by atoms with Crippen molar-refractivity contribution in [3.05, 3.63) is 0 Å². The molecule has 0 spiro atoms. The molecule has 13 heteroatoms. The maximum atomic E-state index is 11.6. The van der Waals surface area contributed by atoms with E-state index >= 15 is 0 Å². The van der Waals surface area contributed by atoms with Crippen molar-refractivity contribution in [2.45, 2.75) is 110 Å². The number of hydrogen-bond acceptors (Lipinski definition) is 13. The first-order chi connectivity index (χ1) is 20.4. The summed E-state index contributed by atoms with van der Waals surface area (Å²) in [5.74, 6) is 0. The number of ether oxygens (including phenoxy) is 11. The van der Waals surface area contributed by atoms with E-state index in [9.17, 15) is 4.79 Å². The van der Waals surface area contributed by atoms with Crippen molar-refractivity contribution in [3.8, 4) is 0 Å². The third kappa shape index (κ3) is 25.9. The van der Waals surface area contributed by atoms with Crippen LogP contribution >= 0.6 is 0 Å². The molecule has 0 amide bonds. The molecule has 13 nitrogen and oxygen atoms in total. The Morgan fingerprint density at radius 1 is 0.488 bits per heavy atom. The SMILES string of the molecule is COC(C)COC(C)COCC(COCC(C)OCC(C)OCC(C)OC(=O)OCC(C)O)OCC(C)OCC(C)OC. The first kappa shape index (κ1) is 41.9. The highest BCUT2D eigenvalue weighted by Crippen LogP contribution is 2.06. The highest BCUT2D eigenvalue weighted by molar-refractivity contribution is 5.60. The van der Waals surface area contributed by atoms with Crippen LogP contribution in [0.1, 0.15) is 55.4 Å². The van der Waals surface area contributed by atoms with Gasteiger partial charge in [-0.15, -0.1) is 0 Å². The van der Waals surface area contributed by atoms with Crippen LogP contribution in [0.5, 0.6) is 0 Å². The van der Waals surface area contributed by atoms with E-state index < -0.39 is 18.4 Å². The van der Waals surface area contributed by atoms with Gasteiger partial charge in [0.2, 0.25) is 0 Å². The Kier molecular flexibility index (Phi) is 25.4. The van der Waals surface area contributed by atoms with E-state index in [2.05, 4.69) is 0 Å². The summed E-state index contributed by atoms with van der Waals surface area (Å²) < 4.78 is 61.2. The highest BCUT2D eigenvalue weighted by atomic mass is 16.7. The fourth-order valence-electron chi connectivity index (χ4n) is 3.10. The maximum Gasteiger partial charge on any atom is 0.508 e. The summed E-state index contributed by atoms with van der Waals surface area (Å²) in [6.07, 6.45) is -3.03. The number of aliphatic hydroxyl groups is 1. The Bertz CT molecular complexity index is 654. The molecule has 0 aromatic heterocycles. The average Bonchev–Trinajstić information content (AvgIpc) is 2.97. The van der Waals surface area contributed by atoms with Crippen LogP contribution in [0.3, 0.4) is 0 Å². The van der Waals surface area contributed by atoms with Crippen LogP contribution in [0.15, 0.2) is 0 Å². The fraction of sp³-hybridized carbons (Fsp3) is 0.967. The van der Waals surface area contributed by atoms with Crippen molar-refractivity contribution in [1.29, 1.82) is 0 Å². The summed E-state index contributed by atoms with van der Waals surface area (Å²) in [5.41, 5.74) is 0. The van der Waals surface area contributed by atoms with Gasteiger partial charge >= 0.3 is 6.16 Å². The molecule has 0 fully saturated rings. The maximum absolute atomic E-state index is 11.6. The molecular formula is C30H60O13. The van der Waals surface area contributed by atoms with E-state index in [1.54, 1.807) is 21.1 Å². The zero-order valence-corrected chi connectivity index (χ0v) is 28.1. The molecule has 0 saturated carbocycles. The molecule has 258 valence electrons. The Hall–Kier alpha value is -1.13. The Morgan fingerprint density at radius 2 is 0.860 bits per heavy atom. The minimum Gasteiger partial charge on any atom is -0.432 e. The van der Waals surface area contributed by atoms with Gasteiger partial charge in [0.1, 0.15) is 18.8 Å². The van der Waals surface area contributed by atoms with Crippen molar-refractivity contribution >= 4 is 6.16 Å². The van der Waals surface area contributed by atoms with Gasteiger partial charge in [0.05, 0.1) is 102 Å². The van der Waals surface area contributed by atoms with E-state index in [-0.39, 0.29) is 55.9 Å². The molecular weight excluding hydrogens is 568 g/mol. The van der Waals surface area contributed by atoms with Gasteiger partial charge in [-0.2, -0.15) is 0 Å². The molecule has 0 rings (SSSR count). The first-order valence-corrected chi connectivity index (χ1v) is 15.2. The van der Waals surface area contributed by atoms with Gasteiger partial charge < -0.3 is 57.2 Å². The lowest BCUT2D eigenvalue weighted by atomic mass is 10.3. The summed E-state index contributed by atoms with van der Waals surface area (Å²) >= 11 is 0. The van der Waals surface area contributed by atoms with Gasteiger partial charge in [0.25, 0.3) is 0 Å². The van der Waals surface area contributed by atoms with Crippen LogP contribution in [0.25, 0.3) is 0 Å². The third-order valence-corrected chi connectivity index (χ3v) is 5.89. The number of methoxy groups -OCH3 is 2. The average molecular weight is 629 g/mol. The lowest BCUT2D eigenvalue weighted by molar-refractivity contribution is -0.119. The van der Waals surface area contributed by atoms with Crippen molar-refractivity contribution in [2.24, 2.45) is 0 Å². The molecule has 0 radical (unpaired) electrons. The molecule has 0 aliphatic heterocycles. The molecule has 0 aromatic carbocycles. The molecule has 0 bridgehead atoms. The first-order valence-electron chi connectivity index (χ1n) is 15.2. The number of carbonyl (C=O) groups is 1. The smallest absolute Gasteiger partial charge is 0.432 e. The lowest BCUT2D eigenvalue weighted by Gasteiger charge is -2.24. The van der Waals surface area contributed by atoms with E-state index in [1.807, 2.05) is 41.5 Å². The second kappa shape index (κ2) is 26.1. The highest BCUT2D eigenvalue weighted by Gasteiger charge is 2.17. The zero-order valence-electron chi connectivity index (χ0n) is 28.1. The zero-order chi connectivity index (χ0) is 32.6. The summed E-state index contributed by atoms with van der Waals surface area (Å²) in [6, 6.07) is 0. The van der Waals surface area contributed by atoms with Crippen LogP contribution in [0.4, 0.5) is 4.79 Å². The third-order valence-electron chi connectivity index (χ3n) is 5.89. The fourth-order valence-corrected chi connectivity index (χ4v) is 3.10. The standard InChI is InChI=1S/C30H60O13/c1-21(31)11-42-30(32)43-28(8)18-40-26(6)16-39-25(5)13-36-20-29(41-17-27(7)38-15-23(3)34-10)19-35-12-24(4)37-14-22(2)33-9/h21-29,31H,11-20H2,1-10H3. The molecule has 0 aliphatic carbocycles. The van der Waals surface area contributed by atoms with E-state index in [1.165, 1.54) is 6.92 Å². The van der Waals surface area contributed by atoms with E-state index in [0.717, 1.165) is 0 Å². The Labute approximate surface area is 259 Å². The second-order valence-electron chi connectivity index (χ2n) is 11.0. The molecule has 0 saturated heterocycles. The molecule has 0 aromatic rings. The van der Waals surface area contributed by atoms with Crippen LogP contribution < -0.4 is 0 Å². The second-order valence-corrected chi connectivity index (χ2v) is 11.0. The number of hydrogen-bond donors (Lipinski definition) is 1. The normalized spacial score (nSPS) is 18.2. The van der Waals surface area contributed by atoms with Gasteiger partial charge in [-0.3, -0.25) is 0 Å². The Morgan fingerprint density at radius 3 is 1.28 bits per heavy atom. The van der Waals surface area contributed by atoms with Gasteiger partial charge in [-0.25, -0.2) is 4.79 Å². The van der Waals surface area contributed by atoms with Gasteiger partial charge in [0, 0.05) is 14.2 Å². The number of aliphatic hydroxyl groups excluding tert-OH is 1. The Balaban J connectivity index is 4.47. The van der Waals surface area contributed by atoms with Crippen LogP contribution in [-0.2, 0) is 52.1 Å². The van der Waals surface area contributed by atoms with E-state index in [4.69, 9.17) is 57.2 Å². The summed E-state index contributed by atoms with van der Waals surface area (Å²) in [6.45, 7) is 17.9. The van der Waals surface area contributed by atoms with Crippen molar-refractivity contribution in [2.75, 3.05) is 80.3 Å². The minimum absolute atomic E-state index is 0.00348. The summed E-state index contributed by atoms with van der Waals surface area (Å²) in [7, 11) is 3.30.